The molecule has 13 aromatic rings. The first-order valence-electron chi connectivity index (χ1n) is 21.1. The number of furan rings is 2. The monoisotopic (exact) mass is 806 g/mol. The molecule has 0 radical (unpaired) electrons. The maximum atomic E-state index is 6.63. The van der Waals surface area contributed by atoms with Crippen molar-refractivity contribution in [1.82, 2.24) is 19.5 Å². The van der Waals surface area contributed by atoms with Crippen LogP contribution in [0.5, 0.6) is 0 Å². The third kappa shape index (κ3) is 5.62. The van der Waals surface area contributed by atoms with Crippen LogP contribution in [-0.4, -0.2) is 19.5 Å². The van der Waals surface area contributed by atoms with Crippen molar-refractivity contribution < 1.29 is 8.83 Å². The number of hydrogen-bond donors (Lipinski definition) is 0. The molecule has 0 unspecified atom stereocenters. The molecule has 13 rings (SSSR count). The van der Waals surface area contributed by atoms with Crippen molar-refractivity contribution in [3.63, 3.8) is 0 Å². The second kappa shape index (κ2) is 14.0. The molecule has 0 saturated carbocycles. The summed E-state index contributed by atoms with van der Waals surface area (Å²) in [5.41, 5.74) is 13.7. The highest BCUT2D eigenvalue weighted by Crippen LogP contribution is 2.45. The summed E-state index contributed by atoms with van der Waals surface area (Å²) in [6, 6.07) is 71.4. The number of aromatic nitrogens is 4. The lowest BCUT2D eigenvalue weighted by Crippen LogP contribution is -2.00. The smallest absolute Gasteiger partial charge is 0.164 e. The first-order chi connectivity index (χ1) is 31.2. The second-order valence-electron chi connectivity index (χ2n) is 15.9. The van der Waals surface area contributed by atoms with Gasteiger partial charge in [0.05, 0.1) is 11.0 Å². The number of para-hydroxylation sites is 3. The third-order valence-corrected chi connectivity index (χ3v) is 12.3. The summed E-state index contributed by atoms with van der Waals surface area (Å²) >= 11 is 0. The van der Waals surface area contributed by atoms with Gasteiger partial charge in [-0.15, -0.1) is 0 Å². The van der Waals surface area contributed by atoms with Crippen LogP contribution in [0.25, 0.3) is 128 Å². The first-order valence-corrected chi connectivity index (χ1v) is 21.1. The van der Waals surface area contributed by atoms with E-state index in [1.165, 1.54) is 0 Å². The van der Waals surface area contributed by atoms with Gasteiger partial charge in [-0.25, -0.2) is 15.0 Å². The van der Waals surface area contributed by atoms with Gasteiger partial charge in [0.2, 0.25) is 0 Å². The van der Waals surface area contributed by atoms with Gasteiger partial charge in [-0.2, -0.15) is 0 Å². The van der Waals surface area contributed by atoms with E-state index in [1.807, 2.05) is 54.6 Å². The molecule has 6 heteroatoms. The number of nitrogens with zero attached hydrogens (tertiary/aromatic N) is 4. The van der Waals surface area contributed by atoms with Crippen molar-refractivity contribution in [3.05, 3.63) is 206 Å². The number of hydrogen-bond acceptors (Lipinski definition) is 5. The molecular formula is C57H34N4O2. The van der Waals surface area contributed by atoms with Gasteiger partial charge in [0.1, 0.15) is 22.3 Å². The van der Waals surface area contributed by atoms with Gasteiger partial charge < -0.3 is 13.4 Å². The van der Waals surface area contributed by atoms with E-state index in [2.05, 4.69) is 156 Å². The van der Waals surface area contributed by atoms with Gasteiger partial charge in [0.15, 0.2) is 17.5 Å². The Morgan fingerprint density at radius 2 is 0.889 bits per heavy atom. The van der Waals surface area contributed by atoms with Crippen LogP contribution in [0.2, 0.25) is 0 Å². The summed E-state index contributed by atoms with van der Waals surface area (Å²) < 4.78 is 15.4. The van der Waals surface area contributed by atoms with E-state index >= 15 is 0 Å². The quantitative estimate of drug-likeness (QED) is 0.167. The molecule has 0 amide bonds. The van der Waals surface area contributed by atoms with Gasteiger partial charge in [-0.1, -0.05) is 140 Å². The second-order valence-corrected chi connectivity index (χ2v) is 15.9. The maximum Gasteiger partial charge on any atom is 0.164 e. The highest BCUT2D eigenvalue weighted by molar-refractivity contribution is 6.18. The summed E-state index contributed by atoms with van der Waals surface area (Å²) in [7, 11) is 0. The molecule has 0 bridgehead atoms. The SMILES string of the molecule is c1ccc(-c2nc(-c3ccc4c(c3)c3ccccc3n4-c3ccccc3)nc(-c3cccc4oc5ccc(-c6c(-c7ccccc7)ccc7oc8ccccc8c67)cc5c34)n2)cc1. The minimum atomic E-state index is 0.567. The van der Waals surface area contributed by atoms with Crippen LogP contribution < -0.4 is 0 Å². The minimum Gasteiger partial charge on any atom is -0.456 e. The van der Waals surface area contributed by atoms with Crippen molar-refractivity contribution in [1.29, 1.82) is 0 Å². The lowest BCUT2D eigenvalue weighted by atomic mass is 9.90. The van der Waals surface area contributed by atoms with Crippen LogP contribution in [0.4, 0.5) is 0 Å². The predicted molar refractivity (Wildman–Crippen MR) is 256 cm³/mol. The maximum absolute atomic E-state index is 6.63. The standard InChI is InChI=1S/C57H34N4O2/c1-4-15-35(16-5-1)40-29-32-51-54(42-22-11-13-25-48(42)62-51)52(40)37-28-31-49-45(33-37)53-43(23-14-26-50(53)63-49)57-59-55(36-17-6-2-7-18-36)58-56(60-57)38-27-30-47-44(34-38)41-21-10-12-24-46(41)61(47)39-19-8-3-9-20-39/h1-34H. The Hall–Kier alpha value is -8.61. The fourth-order valence-corrected chi connectivity index (χ4v) is 9.45. The average Bonchev–Trinajstić information content (AvgIpc) is 4.03. The van der Waals surface area contributed by atoms with Crippen molar-refractivity contribution in [2.45, 2.75) is 0 Å². The molecule has 6 nitrogen and oxygen atoms in total. The molecule has 294 valence electrons. The third-order valence-electron chi connectivity index (χ3n) is 12.3. The molecule has 9 aromatic carbocycles. The zero-order valence-electron chi connectivity index (χ0n) is 33.7. The van der Waals surface area contributed by atoms with Crippen LogP contribution in [0.3, 0.4) is 0 Å². The van der Waals surface area contributed by atoms with Crippen LogP contribution in [0, 0.1) is 0 Å². The summed E-state index contributed by atoms with van der Waals surface area (Å²) in [5.74, 6) is 1.75. The van der Waals surface area contributed by atoms with Crippen LogP contribution >= 0.6 is 0 Å². The summed E-state index contributed by atoms with van der Waals surface area (Å²) in [6.07, 6.45) is 0. The normalized spacial score (nSPS) is 11.8. The predicted octanol–water partition coefficient (Wildman–Crippen LogP) is 15.1. The largest absolute Gasteiger partial charge is 0.456 e. The van der Waals surface area contributed by atoms with Crippen molar-refractivity contribution in [2.75, 3.05) is 0 Å². The molecule has 0 aliphatic carbocycles. The Balaban J connectivity index is 1.04. The topological polar surface area (TPSA) is 69.9 Å². The molecule has 0 fully saturated rings. The lowest BCUT2D eigenvalue weighted by molar-refractivity contribution is 0.669. The van der Waals surface area contributed by atoms with Gasteiger partial charge in [0.25, 0.3) is 0 Å². The Bertz CT molecular complexity index is 3900. The van der Waals surface area contributed by atoms with E-state index in [0.717, 1.165) is 110 Å². The molecule has 0 N–H and O–H groups in total. The summed E-state index contributed by atoms with van der Waals surface area (Å²) in [5, 5.41) is 6.36. The van der Waals surface area contributed by atoms with Gasteiger partial charge in [-0.05, 0) is 83.4 Å². The Labute approximate surface area is 361 Å². The fraction of sp³-hybridized carbons (Fsp3) is 0. The van der Waals surface area contributed by atoms with Crippen molar-refractivity contribution in [3.8, 4) is 62.1 Å². The van der Waals surface area contributed by atoms with Gasteiger partial charge in [-0.3, -0.25) is 0 Å². The summed E-state index contributed by atoms with van der Waals surface area (Å²) in [6.45, 7) is 0. The van der Waals surface area contributed by atoms with E-state index in [0.29, 0.717) is 17.5 Å². The minimum absolute atomic E-state index is 0.567. The Kier molecular flexibility index (Phi) is 7.80. The highest BCUT2D eigenvalue weighted by atomic mass is 16.3. The van der Waals surface area contributed by atoms with Crippen molar-refractivity contribution >= 4 is 65.7 Å². The molecule has 0 spiro atoms. The highest BCUT2D eigenvalue weighted by Gasteiger charge is 2.22. The zero-order valence-corrected chi connectivity index (χ0v) is 33.7. The molecule has 0 aliphatic heterocycles. The fourth-order valence-electron chi connectivity index (χ4n) is 9.45. The molecule has 0 aliphatic rings. The average molecular weight is 807 g/mol. The molecule has 63 heavy (non-hydrogen) atoms. The van der Waals surface area contributed by atoms with E-state index in [-0.39, 0.29) is 0 Å². The molecular weight excluding hydrogens is 773 g/mol. The lowest BCUT2D eigenvalue weighted by Gasteiger charge is -2.13. The Morgan fingerprint density at radius 1 is 0.317 bits per heavy atom. The van der Waals surface area contributed by atoms with Crippen molar-refractivity contribution in [2.24, 2.45) is 0 Å². The van der Waals surface area contributed by atoms with Gasteiger partial charge in [0, 0.05) is 60.3 Å². The van der Waals surface area contributed by atoms with E-state index in [4.69, 9.17) is 23.8 Å². The molecule has 0 atom stereocenters. The zero-order chi connectivity index (χ0) is 41.4. The number of fused-ring (bicyclic) bond motifs is 9. The number of benzene rings is 9. The van der Waals surface area contributed by atoms with E-state index in [9.17, 15) is 0 Å². The summed E-state index contributed by atoms with van der Waals surface area (Å²) in [4.78, 5) is 15.7. The first kappa shape index (κ1) is 35.2. The van der Waals surface area contributed by atoms with Crippen LogP contribution in [0.15, 0.2) is 215 Å². The Morgan fingerprint density at radius 3 is 1.70 bits per heavy atom. The van der Waals surface area contributed by atoms with Crippen LogP contribution in [0.1, 0.15) is 0 Å². The molecule has 4 heterocycles. The molecule has 0 saturated heterocycles. The number of rotatable bonds is 6. The van der Waals surface area contributed by atoms with E-state index in [1.54, 1.807) is 0 Å². The molecule has 4 aromatic heterocycles. The van der Waals surface area contributed by atoms with E-state index < -0.39 is 0 Å². The van der Waals surface area contributed by atoms with Gasteiger partial charge >= 0.3 is 0 Å². The van der Waals surface area contributed by atoms with Crippen LogP contribution in [-0.2, 0) is 0 Å².